The van der Waals surface area contributed by atoms with E-state index in [9.17, 15) is 0 Å². The summed E-state index contributed by atoms with van der Waals surface area (Å²) in [7, 11) is 2.10. The Labute approximate surface area is 102 Å². The highest BCUT2D eigenvalue weighted by molar-refractivity contribution is 7.98. The van der Waals surface area contributed by atoms with Crippen LogP contribution >= 0.6 is 11.8 Å². The first-order chi connectivity index (χ1) is 7.76. The van der Waals surface area contributed by atoms with Crippen molar-refractivity contribution in [2.75, 3.05) is 32.1 Å². The topological polar surface area (TPSA) is 41.3 Å². The number of hydrogen-bond acceptors (Lipinski definition) is 5. The van der Waals surface area contributed by atoms with Crippen molar-refractivity contribution in [1.82, 2.24) is 15.4 Å². The fraction of sp³-hybridized carbons (Fsp3) is 0.727. The molecule has 0 unspecified atom stereocenters. The summed E-state index contributed by atoms with van der Waals surface area (Å²) in [4.78, 5) is 2.24. The minimum Gasteiger partial charge on any atom is -0.360 e. The van der Waals surface area contributed by atoms with E-state index in [2.05, 4.69) is 35.6 Å². The maximum absolute atomic E-state index is 5.27. The maximum Gasteiger partial charge on any atom is 0.151 e. The fourth-order valence-electron chi connectivity index (χ4n) is 1.36. The van der Waals surface area contributed by atoms with Crippen molar-refractivity contribution in [2.45, 2.75) is 20.0 Å². The van der Waals surface area contributed by atoms with Gasteiger partial charge in [0.05, 0.1) is 12.2 Å². The van der Waals surface area contributed by atoms with E-state index in [1.165, 1.54) is 0 Å². The van der Waals surface area contributed by atoms with Crippen molar-refractivity contribution in [3.05, 3.63) is 17.5 Å². The molecule has 0 amide bonds. The van der Waals surface area contributed by atoms with Crippen LogP contribution in [0.4, 0.5) is 0 Å². The zero-order valence-electron chi connectivity index (χ0n) is 10.3. The van der Waals surface area contributed by atoms with E-state index in [0.717, 1.165) is 43.4 Å². The van der Waals surface area contributed by atoms with E-state index in [-0.39, 0.29) is 0 Å². The number of thioether (sulfide) groups is 1. The predicted octanol–water partition coefficient (Wildman–Crippen LogP) is 1.58. The van der Waals surface area contributed by atoms with E-state index >= 15 is 0 Å². The Morgan fingerprint density at radius 1 is 1.56 bits per heavy atom. The van der Waals surface area contributed by atoms with Gasteiger partial charge in [0, 0.05) is 24.9 Å². The average Bonchev–Trinajstić information content (AvgIpc) is 2.71. The fourth-order valence-corrected chi connectivity index (χ4v) is 1.85. The quantitative estimate of drug-likeness (QED) is 0.751. The van der Waals surface area contributed by atoms with Crippen LogP contribution < -0.4 is 5.32 Å². The third kappa shape index (κ3) is 5.01. The van der Waals surface area contributed by atoms with Gasteiger partial charge in [0.1, 0.15) is 0 Å². The van der Waals surface area contributed by atoms with Crippen molar-refractivity contribution in [3.8, 4) is 0 Å². The van der Waals surface area contributed by atoms with Gasteiger partial charge in [-0.05, 0) is 19.8 Å². The van der Waals surface area contributed by atoms with Crippen molar-refractivity contribution in [1.29, 1.82) is 0 Å². The molecule has 92 valence electrons. The largest absolute Gasteiger partial charge is 0.360 e. The highest BCUT2D eigenvalue weighted by Gasteiger charge is 2.06. The molecule has 0 aliphatic rings. The molecular weight excluding hydrogens is 222 g/mol. The van der Waals surface area contributed by atoms with Gasteiger partial charge >= 0.3 is 0 Å². The lowest BCUT2D eigenvalue weighted by Crippen LogP contribution is -2.20. The zero-order chi connectivity index (χ0) is 11.8. The molecule has 1 aromatic rings. The van der Waals surface area contributed by atoms with Crippen LogP contribution in [0.3, 0.4) is 0 Å². The Balaban J connectivity index is 2.33. The first-order valence-corrected chi connectivity index (χ1v) is 6.98. The van der Waals surface area contributed by atoms with Crippen molar-refractivity contribution >= 4 is 11.8 Å². The number of hydrogen-bond donors (Lipinski definition) is 1. The van der Waals surface area contributed by atoms with Gasteiger partial charge in [0.25, 0.3) is 0 Å². The van der Waals surface area contributed by atoms with Crippen molar-refractivity contribution in [3.63, 3.8) is 0 Å². The molecule has 4 nitrogen and oxygen atoms in total. The van der Waals surface area contributed by atoms with E-state index in [1.54, 1.807) is 0 Å². The smallest absolute Gasteiger partial charge is 0.151 e. The third-order valence-corrected chi connectivity index (χ3v) is 2.86. The normalized spacial score (nSPS) is 11.2. The number of aromatic nitrogens is 1. The molecule has 0 bridgehead atoms. The van der Waals surface area contributed by atoms with Gasteiger partial charge < -0.3 is 9.84 Å². The Bertz CT molecular complexity index is 291. The molecule has 0 aromatic carbocycles. The van der Waals surface area contributed by atoms with Gasteiger partial charge in [-0.1, -0.05) is 12.1 Å². The molecule has 0 spiro atoms. The van der Waals surface area contributed by atoms with Gasteiger partial charge in [0.2, 0.25) is 0 Å². The van der Waals surface area contributed by atoms with Crippen LogP contribution in [0.25, 0.3) is 0 Å². The van der Waals surface area contributed by atoms with Crippen molar-refractivity contribution < 1.29 is 4.52 Å². The monoisotopic (exact) mass is 243 g/mol. The van der Waals surface area contributed by atoms with Gasteiger partial charge in [-0.3, -0.25) is 4.90 Å². The van der Waals surface area contributed by atoms with Crippen LogP contribution in [0.5, 0.6) is 0 Å². The number of rotatable bonds is 8. The Kier molecular flexibility index (Phi) is 6.52. The molecule has 0 saturated heterocycles. The molecule has 1 rings (SSSR count). The minimum atomic E-state index is 0.786. The van der Waals surface area contributed by atoms with E-state index in [1.807, 2.05) is 17.8 Å². The Morgan fingerprint density at radius 3 is 3.06 bits per heavy atom. The van der Waals surface area contributed by atoms with Crippen LogP contribution in [-0.4, -0.2) is 42.2 Å². The molecule has 0 saturated carbocycles. The van der Waals surface area contributed by atoms with Gasteiger partial charge in [-0.25, -0.2) is 0 Å². The molecule has 1 heterocycles. The van der Waals surface area contributed by atoms with Crippen LogP contribution in [0.15, 0.2) is 10.6 Å². The second-order valence-corrected chi connectivity index (χ2v) is 4.78. The first kappa shape index (κ1) is 13.5. The highest BCUT2D eigenvalue weighted by atomic mass is 32.2. The second kappa shape index (κ2) is 7.70. The van der Waals surface area contributed by atoms with Gasteiger partial charge in [-0.15, -0.1) is 0 Å². The molecule has 0 aliphatic carbocycles. The summed E-state index contributed by atoms with van der Waals surface area (Å²) in [6.45, 7) is 5.73. The molecule has 0 atom stereocenters. The lowest BCUT2D eigenvalue weighted by Gasteiger charge is -2.12. The van der Waals surface area contributed by atoms with Crippen LogP contribution in [0, 0.1) is 0 Å². The first-order valence-electron chi connectivity index (χ1n) is 5.59. The third-order valence-electron chi connectivity index (χ3n) is 2.27. The molecular formula is C11H21N3OS. The van der Waals surface area contributed by atoms with Crippen LogP contribution in [0.1, 0.15) is 18.4 Å². The molecule has 16 heavy (non-hydrogen) atoms. The average molecular weight is 243 g/mol. The minimum absolute atomic E-state index is 0.786. The van der Waals surface area contributed by atoms with Gasteiger partial charge in [0.15, 0.2) is 5.76 Å². The lowest BCUT2D eigenvalue weighted by molar-refractivity contribution is 0.283. The lowest BCUT2D eigenvalue weighted by atomic mass is 10.3. The van der Waals surface area contributed by atoms with E-state index in [0.29, 0.717) is 0 Å². The Hall–Kier alpha value is -0.520. The summed E-state index contributed by atoms with van der Waals surface area (Å²) in [5, 5.41) is 7.24. The standard InChI is InChI=1S/C11H21N3OS/c1-4-12-8-10-7-11(15-13-10)9-14(2)5-6-16-3/h7,12H,4-6,8-9H2,1-3H3. The predicted molar refractivity (Wildman–Crippen MR) is 68.6 cm³/mol. The molecule has 1 aromatic heterocycles. The summed E-state index contributed by atoms with van der Waals surface area (Å²) in [5.74, 6) is 2.09. The highest BCUT2D eigenvalue weighted by Crippen LogP contribution is 2.06. The Morgan fingerprint density at radius 2 is 2.38 bits per heavy atom. The molecule has 1 N–H and O–H groups in total. The summed E-state index contributed by atoms with van der Waals surface area (Å²) in [5.41, 5.74) is 0.982. The van der Waals surface area contributed by atoms with Crippen LogP contribution in [0.2, 0.25) is 0 Å². The summed E-state index contributed by atoms with van der Waals surface area (Å²) < 4.78 is 5.27. The number of nitrogens with zero attached hydrogens (tertiary/aromatic N) is 2. The van der Waals surface area contributed by atoms with E-state index < -0.39 is 0 Å². The van der Waals surface area contributed by atoms with Crippen LogP contribution in [-0.2, 0) is 13.1 Å². The maximum atomic E-state index is 5.27. The molecule has 0 fully saturated rings. The summed E-state index contributed by atoms with van der Waals surface area (Å²) in [6, 6.07) is 2.03. The van der Waals surface area contributed by atoms with E-state index in [4.69, 9.17) is 4.52 Å². The molecule has 0 aliphatic heterocycles. The summed E-state index contributed by atoms with van der Waals surface area (Å²) >= 11 is 1.86. The summed E-state index contributed by atoms with van der Waals surface area (Å²) in [6.07, 6.45) is 2.12. The molecule has 5 heteroatoms. The molecule has 0 radical (unpaired) electrons. The van der Waals surface area contributed by atoms with Crippen molar-refractivity contribution in [2.24, 2.45) is 0 Å². The zero-order valence-corrected chi connectivity index (χ0v) is 11.1. The SMILES string of the molecule is CCNCc1cc(CN(C)CCSC)on1. The van der Waals surface area contributed by atoms with Gasteiger partial charge in [-0.2, -0.15) is 11.8 Å². The number of nitrogens with one attached hydrogen (secondary N) is 1. The second-order valence-electron chi connectivity index (χ2n) is 3.80.